The SMILES string of the molecule is COc1ccc(-c2nc(CC(=O)Nc3ccc(Cl)cn3)cs2)cc1OC. The molecule has 2 heterocycles. The van der Waals surface area contributed by atoms with E-state index in [-0.39, 0.29) is 12.3 Å². The number of nitrogens with one attached hydrogen (secondary N) is 1. The van der Waals surface area contributed by atoms with E-state index in [0.717, 1.165) is 10.6 Å². The zero-order chi connectivity index (χ0) is 18.5. The number of halogens is 1. The van der Waals surface area contributed by atoms with E-state index in [4.69, 9.17) is 21.1 Å². The zero-order valence-corrected chi connectivity index (χ0v) is 15.7. The van der Waals surface area contributed by atoms with E-state index in [1.807, 2.05) is 23.6 Å². The molecular weight excluding hydrogens is 374 g/mol. The summed E-state index contributed by atoms with van der Waals surface area (Å²) >= 11 is 7.24. The number of hydrogen-bond acceptors (Lipinski definition) is 6. The second-order valence-corrected chi connectivity index (χ2v) is 6.59. The number of amides is 1. The molecule has 0 bridgehead atoms. The highest BCUT2D eigenvalue weighted by Crippen LogP contribution is 2.33. The number of ether oxygens (including phenoxy) is 2. The Labute approximate surface area is 159 Å². The predicted octanol–water partition coefficient (Wildman–Crippen LogP) is 4.06. The van der Waals surface area contributed by atoms with Gasteiger partial charge in [0, 0.05) is 17.1 Å². The molecule has 0 saturated heterocycles. The van der Waals surface area contributed by atoms with Crippen LogP contribution in [-0.4, -0.2) is 30.1 Å². The standard InChI is InChI=1S/C18H16ClN3O3S/c1-24-14-5-3-11(7-15(14)25-2)18-21-13(10-26-18)8-17(23)22-16-6-4-12(19)9-20-16/h3-7,9-10H,8H2,1-2H3,(H,20,22,23). The predicted molar refractivity (Wildman–Crippen MR) is 102 cm³/mol. The van der Waals surface area contributed by atoms with Crippen LogP contribution in [0.4, 0.5) is 5.82 Å². The molecule has 0 aliphatic heterocycles. The maximum Gasteiger partial charge on any atom is 0.231 e. The lowest BCUT2D eigenvalue weighted by atomic mass is 10.2. The molecule has 2 aromatic heterocycles. The quantitative estimate of drug-likeness (QED) is 0.688. The molecule has 3 aromatic rings. The highest BCUT2D eigenvalue weighted by atomic mass is 35.5. The molecule has 134 valence electrons. The molecule has 0 atom stereocenters. The molecule has 0 spiro atoms. The molecule has 1 N–H and O–H groups in total. The number of benzene rings is 1. The monoisotopic (exact) mass is 389 g/mol. The Balaban J connectivity index is 1.69. The summed E-state index contributed by atoms with van der Waals surface area (Å²) in [6, 6.07) is 8.91. The molecule has 26 heavy (non-hydrogen) atoms. The lowest BCUT2D eigenvalue weighted by Gasteiger charge is -2.08. The van der Waals surface area contributed by atoms with Crippen molar-refractivity contribution >= 4 is 34.7 Å². The van der Waals surface area contributed by atoms with Gasteiger partial charge in [-0.3, -0.25) is 4.79 Å². The van der Waals surface area contributed by atoms with Gasteiger partial charge >= 0.3 is 0 Å². The molecule has 0 radical (unpaired) electrons. The average Bonchev–Trinajstić information content (AvgIpc) is 3.11. The Morgan fingerprint density at radius 1 is 1.19 bits per heavy atom. The molecule has 0 unspecified atom stereocenters. The summed E-state index contributed by atoms with van der Waals surface area (Å²) in [6.07, 6.45) is 1.64. The van der Waals surface area contributed by atoms with Crippen LogP contribution in [0.25, 0.3) is 10.6 Å². The minimum atomic E-state index is -0.191. The van der Waals surface area contributed by atoms with Crippen LogP contribution in [0.1, 0.15) is 5.69 Å². The van der Waals surface area contributed by atoms with Gasteiger partial charge in [0.1, 0.15) is 10.8 Å². The van der Waals surface area contributed by atoms with Crippen molar-refractivity contribution in [3.63, 3.8) is 0 Å². The second-order valence-electron chi connectivity index (χ2n) is 5.30. The molecule has 0 aliphatic carbocycles. The van der Waals surface area contributed by atoms with Crippen LogP contribution in [0.3, 0.4) is 0 Å². The van der Waals surface area contributed by atoms with Gasteiger partial charge in [0.2, 0.25) is 5.91 Å². The molecule has 8 heteroatoms. The summed E-state index contributed by atoms with van der Waals surface area (Å²) < 4.78 is 10.6. The molecule has 1 amide bonds. The van der Waals surface area contributed by atoms with Crippen molar-refractivity contribution in [2.24, 2.45) is 0 Å². The average molecular weight is 390 g/mol. The Bertz CT molecular complexity index is 912. The Hall–Kier alpha value is -2.64. The number of anilines is 1. The first kappa shape index (κ1) is 18.2. The van der Waals surface area contributed by atoms with Gasteiger partial charge in [0.25, 0.3) is 0 Å². The summed E-state index contributed by atoms with van der Waals surface area (Å²) in [7, 11) is 3.18. The molecule has 0 fully saturated rings. The lowest BCUT2D eigenvalue weighted by Crippen LogP contribution is -2.15. The van der Waals surface area contributed by atoms with Crippen LogP contribution < -0.4 is 14.8 Å². The Morgan fingerprint density at radius 3 is 2.69 bits per heavy atom. The van der Waals surface area contributed by atoms with Crippen LogP contribution >= 0.6 is 22.9 Å². The highest BCUT2D eigenvalue weighted by molar-refractivity contribution is 7.13. The van der Waals surface area contributed by atoms with Crippen molar-refractivity contribution in [3.05, 3.63) is 52.6 Å². The van der Waals surface area contributed by atoms with E-state index in [2.05, 4.69) is 15.3 Å². The maximum atomic E-state index is 12.1. The van der Waals surface area contributed by atoms with Crippen molar-refractivity contribution in [1.29, 1.82) is 0 Å². The number of rotatable bonds is 6. The van der Waals surface area contributed by atoms with Gasteiger partial charge in [-0.2, -0.15) is 0 Å². The van der Waals surface area contributed by atoms with Crippen molar-refractivity contribution in [2.75, 3.05) is 19.5 Å². The molecular formula is C18H16ClN3O3S. The fourth-order valence-electron chi connectivity index (χ4n) is 2.29. The maximum absolute atomic E-state index is 12.1. The smallest absolute Gasteiger partial charge is 0.231 e. The van der Waals surface area contributed by atoms with Crippen molar-refractivity contribution in [1.82, 2.24) is 9.97 Å². The minimum Gasteiger partial charge on any atom is -0.493 e. The van der Waals surface area contributed by atoms with E-state index < -0.39 is 0 Å². The summed E-state index contributed by atoms with van der Waals surface area (Å²) in [6.45, 7) is 0. The highest BCUT2D eigenvalue weighted by Gasteiger charge is 2.12. The van der Waals surface area contributed by atoms with E-state index in [0.29, 0.717) is 28.0 Å². The van der Waals surface area contributed by atoms with Gasteiger partial charge in [-0.05, 0) is 30.3 Å². The number of pyridine rings is 1. The first-order chi connectivity index (χ1) is 12.6. The third kappa shape index (κ3) is 4.30. The number of hydrogen-bond donors (Lipinski definition) is 1. The van der Waals surface area contributed by atoms with E-state index in [1.165, 1.54) is 17.5 Å². The van der Waals surface area contributed by atoms with Crippen LogP contribution in [-0.2, 0) is 11.2 Å². The normalized spacial score (nSPS) is 10.4. The molecule has 1 aromatic carbocycles. The summed E-state index contributed by atoms with van der Waals surface area (Å²) in [5, 5.41) is 5.90. The van der Waals surface area contributed by atoms with Gasteiger partial charge in [-0.1, -0.05) is 11.6 Å². The third-order valence-electron chi connectivity index (χ3n) is 3.52. The summed E-state index contributed by atoms with van der Waals surface area (Å²) in [5.41, 5.74) is 1.59. The third-order valence-corrected chi connectivity index (χ3v) is 4.68. The van der Waals surface area contributed by atoms with Crippen LogP contribution in [0.2, 0.25) is 5.02 Å². The fraction of sp³-hybridized carbons (Fsp3) is 0.167. The molecule has 6 nitrogen and oxygen atoms in total. The number of nitrogens with zero attached hydrogens (tertiary/aromatic N) is 2. The largest absolute Gasteiger partial charge is 0.493 e. The van der Waals surface area contributed by atoms with Crippen molar-refractivity contribution < 1.29 is 14.3 Å². The van der Waals surface area contributed by atoms with Crippen molar-refractivity contribution in [3.8, 4) is 22.1 Å². The topological polar surface area (TPSA) is 73.3 Å². The number of aromatic nitrogens is 2. The van der Waals surface area contributed by atoms with Crippen molar-refractivity contribution in [2.45, 2.75) is 6.42 Å². The lowest BCUT2D eigenvalue weighted by molar-refractivity contribution is -0.115. The fourth-order valence-corrected chi connectivity index (χ4v) is 3.22. The van der Waals surface area contributed by atoms with Crippen LogP contribution in [0.15, 0.2) is 41.9 Å². The molecule has 3 rings (SSSR count). The first-order valence-corrected chi connectivity index (χ1v) is 8.93. The zero-order valence-electron chi connectivity index (χ0n) is 14.2. The van der Waals surface area contributed by atoms with Gasteiger partial charge < -0.3 is 14.8 Å². The molecule has 0 saturated carbocycles. The Kier molecular flexibility index (Phi) is 5.70. The summed E-state index contributed by atoms with van der Waals surface area (Å²) in [4.78, 5) is 20.7. The van der Waals surface area contributed by atoms with E-state index in [1.54, 1.807) is 26.4 Å². The minimum absolute atomic E-state index is 0.161. The second kappa shape index (κ2) is 8.16. The number of methoxy groups -OCH3 is 2. The molecule has 0 aliphatic rings. The van der Waals surface area contributed by atoms with Gasteiger partial charge in [0.15, 0.2) is 11.5 Å². The summed E-state index contributed by atoms with van der Waals surface area (Å²) in [5.74, 6) is 1.55. The number of carbonyl (C=O) groups is 1. The van der Waals surface area contributed by atoms with Gasteiger partial charge in [-0.25, -0.2) is 9.97 Å². The number of thiazole rings is 1. The van der Waals surface area contributed by atoms with Gasteiger partial charge in [0.05, 0.1) is 31.4 Å². The van der Waals surface area contributed by atoms with E-state index >= 15 is 0 Å². The Morgan fingerprint density at radius 2 is 2.00 bits per heavy atom. The number of carbonyl (C=O) groups excluding carboxylic acids is 1. The first-order valence-electron chi connectivity index (χ1n) is 7.67. The van der Waals surface area contributed by atoms with E-state index in [9.17, 15) is 4.79 Å². The van der Waals surface area contributed by atoms with Gasteiger partial charge in [-0.15, -0.1) is 11.3 Å². The van der Waals surface area contributed by atoms with Crippen LogP contribution in [0, 0.1) is 0 Å². The van der Waals surface area contributed by atoms with Crippen LogP contribution in [0.5, 0.6) is 11.5 Å².